The van der Waals surface area contributed by atoms with E-state index in [0.29, 0.717) is 31.0 Å². The quantitative estimate of drug-likeness (QED) is 0.464. The van der Waals surface area contributed by atoms with E-state index in [1.54, 1.807) is 18.4 Å². The minimum atomic E-state index is -0.0232. The molecular formula is C25H28N2O4S. The number of benzene rings is 2. The van der Waals surface area contributed by atoms with Crippen LogP contribution in [0.3, 0.4) is 0 Å². The fraction of sp³-hybridized carbons (Fsp3) is 0.360. The Hall–Kier alpha value is -2.90. The first-order valence-corrected chi connectivity index (χ1v) is 11.7. The lowest BCUT2D eigenvalue weighted by atomic mass is 10.1. The second-order valence-electron chi connectivity index (χ2n) is 7.84. The number of hydrogen-bond acceptors (Lipinski definition) is 6. The molecule has 2 aromatic carbocycles. The van der Waals surface area contributed by atoms with Crippen molar-refractivity contribution in [1.29, 1.82) is 0 Å². The molecule has 168 valence electrons. The lowest BCUT2D eigenvalue weighted by Crippen LogP contribution is -2.37. The van der Waals surface area contributed by atoms with Gasteiger partial charge in [0.05, 0.1) is 23.9 Å². The summed E-state index contributed by atoms with van der Waals surface area (Å²) in [7, 11) is 1.65. The molecule has 2 heterocycles. The first-order chi connectivity index (χ1) is 15.6. The Labute approximate surface area is 192 Å². The summed E-state index contributed by atoms with van der Waals surface area (Å²) in [5.41, 5.74) is 2.56. The maximum atomic E-state index is 13.4. The second-order valence-corrected chi connectivity index (χ2v) is 8.91. The number of aromatic nitrogens is 1. The van der Waals surface area contributed by atoms with Crippen LogP contribution in [0.4, 0.5) is 0 Å². The number of hydrogen-bond donors (Lipinski definition) is 0. The maximum absolute atomic E-state index is 13.4. The number of methoxy groups -OCH3 is 1. The third-order valence-corrected chi connectivity index (χ3v) is 6.22. The Morgan fingerprint density at radius 1 is 1.22 bits per heavy atom. The fourth-order valence-corrected chi connectivity index (χ4v) is 4.35. The van der Waals surface area contributed by atoms with Gasteiger partial charge in [0.25, 0.3) is 5.91 Å². The van der Waals surface area contributed by atoms with Crippen LogP contribution in [-0.4, -0.2) is 42.2 Å². The Bertz CT molecular complexity index is 1030. The molecule has 3 aromatic rings. The lowest BCUT2D eigenvalue weighted by molar-refractivity contribution is 0.0507. The van der Waals surface area contributed by atoms with Crippen molar-refractivity contribution < 1.29 is 19.0 Å². The second kappa shape index (κ2) is 10.6. The molecule has 0 aliphatic carbocycles. The summed E-state index contributed by atoms with van der Waals surface area (Å²) in [6.45, 7) is 4.21. The number of aryl methyl sites for hydroxylation is 1. The lowest BCUT2D eigenvalue weighted by Gasteiger charge is -2.26. The summed E-state index contributed by atoms with van der Waals surface area (Å²) in [5, 5.41) is 3.02. The molecule has 1 unspecified atom stereocenters. The number of amides is 1. The van der Waals surface area contributed by atoms with Gasteiger partial charge in [-0.2, -0.15) is 0 Å². The van der Waals surface area contributed by atoms with Gasteiger partial charge in [-0.05, 0) is 61.7 Å². The number of carbonyl (C=O) groups excluding carboxylic acids is 1. The number of rotatable bonds is 9. The Morgan fingerprint density at radius 3 is 2.75 bits per heavy atom. The van der Waals surface area contributed by atoms with E-state index >= 15 is 0 Å². The number of thiazole rings is 1. The SMILES string of the molecule is COc1cccc(CN(CC2CCCO2)C(=O)c2ccc(OCc3csc(C)n3)cc2)c1. The fourth-order valence-electron chi connectivity index (χ4n) is 3.75. The summed E-state index contributed by atoms with van der Waals surface area (Å²) in [6, 6.07) is 15.1. The molecule has 0 bridgehead atoms. The molecule has 4 rings (SSSR count). The molecule has 1 aliphatic heterocycles. The van der Waals surface area contributed by atoms with Gasteiger partial charge in [-0.15, -0.1) is 11.3 Å². The van der Waals surface area contributed by atoms with E-state index in [9.17, 15) is 4.79 Å². The summed E-state index contributed by atoms with van der Waals surface area (Å²) in [6.07, 6.45) is 2.09. The zero-order valence-electron chi connectivity index (χ0n) is 18.5. The van der Waals surface area contributed by atoms with Crippen LogP contribution >= 0.6 is 11.3 Å². The van der Waals surface area contributed by atoms with Crippen molar-refractivity contribution >= 4 is 17.2 Å². The van der Waals surface area contributed by atoms with E-state index in [1.165, 1.54) is 0 Å². The van der Waals surface area contributed by atoms with Crippen molar-refractivity contribution in [3.8, 4) is 11.5 Å². The van der Waals surface area contributed by atoms with Crippen LogP contribution in [0.2, 0.25) is 0 Å². The van der Waals surface area contributed by atoms with Gasteiger partial charge >= 0.3 is 0 Å². The van der Waals surface area contributed by atoms with E-state index in [-0.39, 0.29) is 12.0 Å². The monoisotopic (exact) mass is 452 g/mol. The van der Waals surface area contributed by atoms with Gasteiger partial charge < -0.3 is 19.1 Å². The zero-order valence-corrected chi connectivity index (χ0v) is 19.3. The highest BCUT2D eigenvalue weighted by Crippen LogP contribution is 2.21. The van der Waals surface area contributed by atoms with Crippen LogP contribution in [0.25, 0.3) is 0 Å². The molecule has 6 nitrogen and oxygen atoms in total. The van der Waals surface area contributed by atoms with Gasteiger partial charge in [-0.1, -0.05) is 12.1 Å². The van der Waals surface area contributed by atoms with Gasteiger partial charge in [0, 0.05) is 30.6 Å². The minimum absolute atomic E-state index is 0.0232. The van der Waals surface area contributed by atoms with E-state index in [2.05, 4.69) is 4.98 Å². The molecule has 1 saturated heterocycles. The average molecular weight is 453 g/mol. The van der Waals surface area contributed by atoms with Crippen LogP contribution in [0, 0.1) is 6.92 Å². The van der Waals surface area contributed by atoms with Crippen LogP contribution < -0.4 is 9.47 Å². The predicted octanol–water partition coefficient (Wildman–Crippen LogP) is 4.86. The Kier molecular flexibility index (Phi) is 7.39. The molecule has 0 saturated carbocycles. The van der Waals surface area contributed by atoms with Gasteiger partial charge in [0.1, 0.15) is 18.1 Å². The van der Waals surface area contributed by atoms with E-state index < -0.39 is 0 Å². The van der Waals surface area contributed by atoms with Crippen LogP contribution in [0.15, 0.2) is 53.9 Å². The normalized spacial score (nSPS) is 15.5. The molecule has 1 amide bonds. The third-order valence-electron chi connectivity index (χ3n) is 5.40. The summed E-state index contributed by atoms with van der Waals surface area (Å²) in [5.74, 6) is 1.47. The van der Waals surface area contributed by atoms with Crippen LogP contribution in [-0.2, 0) is 17.9 Å². The molecule has 1 fully saturated rings. The predicted molar refractivity (Wildman–Crippen MR) is 124 cm³/mol. The van der Waals surface area contributed by atoms with Gasteiger partial charge in [0.15, 0.2) is 0 Å². The van der Waals surface area contributed by atoms with Crippen molar-refractivity contribution in [1.82, 2.24) is 9.88 Å². The molecule has 1 aromatic heterocycles. The first kappa shape index (κ1) is 22.3. The maximum Gasteiger partial charge on any atom is 0.254 e. The van der Waals surface area contributed by atoms with Crippen molar-refractivity contribution in [2.24, 2.45) is 0 Å². The van der Waals surface area contributed by atoms with E-state index in [4.69, 9.17) is 14.2 Å². The van der Waals surface area contributed by atoms with Crippen LogP contribution in [0.1, 0.15) is 39.5 Å². The Balaban J connectivity index is 1.45. The standard InChI is InChI=1S/C25H28N2O4S/c1-18-26-21(17-32-18)16-31-22-10-8-20(9-11-22)25(28)27(15-24-7-4-12-30-24)14-19-5-3-6-23(13-19)29-2/h3,5-6,8-11,13,17,24H,4,7,12,14-16H2,1-2H3. The largest absolute Gasteiger partial charge is 0.497 e. The van der Waals surface area contributed by atoms with E-state index in [1.807, 2.05) is 65.7 Å². The molecule has 0 radical (unpaired) electrons. The number of nitrogens with zero attached hydrogens (tertiary/aromatic N) is 2. The van der Waals surface area contributed by atoms with Crippen molar-refractivity contribution in [3.63, 3.8) is 0 Å². The summed E-state index contributed by atoms with van der Waals surface area (Å²) in [4.78, 5) is 19.6. The highest BCUT2D eigenvalue weighted by Gasteiger charge is 2.24. The van der Waals surface area contributed by atoms with Crippen molar-refractivity contribution in [2.45, 2.75) is 39.0 Å². The minimum Gasteiger partial charge on any atom is -0.497 e. The molecule has 0 N–H and O–H groups in total. The van der Waals surface area contributed by atoms with Gasteiger partial charge in [-0.3, -0.25) is 4.79 Å². The zero-order chi connectivity index (χ0) is 22.3. The molecule has 1 aliphatic rings. The van der Waals surface area contributed by atoms with Gasteiger partial charge in [0.2, 0.25) is 0 Å². The highest BCUT2D eigenvalue weighted by atomic mass is 32.1. The van der Waals surface area contributed by atoms with Crippen LogP contribution in [0.5, 0.6) is 11.5 Å². The molecule has 1 atom stereocenters. The average Bonchev–Trinajstić information content (AvgIpc) is 3.49. The molecule has 0 spiro atoms. The highest BCUT2D eigenvalue weighted by molar-refractivity contribution is 7.09. The molecule has 32 heavy (non-hydrogen) atoms. The smallest absolute Gasteiger partial charge is 0.254 e. The molecule has 7 heteroatoms. The summed E-state index contributed by atoms with van der Waals surface area (Å²) >= 11 is 1.61. The summed E-state index contributed by atoms with van der Waals surface area (Å²) < 4.78 is 17.0. The van der Waals surface area contributed by atoms with Gasteiger partial charge in [-0.25, -0.2) is 4.98 Å². The third kappa shape index (κ3) is 5.87. The topological polar surface area (TPSA) is 60.9 Å². The first-order valence-electron chi connectivity index (χ1n) is 10.8. The van der Waals surface area contributed by atoms with Crippen molar-refractivity contribution in [2.75, 3.05) is 20.3 Å². The molecular weight excluding hydrogens is 424 g/mol. The van der Waals surface area contributed by atoms with E-state index in [0.717, 1.165) is 41.5 Å². The Morgan fingerprint density at radius 2 is 2.06 bits per heavy atom. The number of ether oxygens (including phenoxy) is 3. The van der Waals surface area contributed by atoms with Crippen molar-refractivity contribution in [3.05, 3.63) is 75.7 Å². The number of carbonyl (C=O) groups is 1.